The Bertz CT molecular complexity index is 1680. The number of nitrogens with zero attached hydrogens (tertiary/aromatic N) is 3. The SMILES string of the molecule is CCCCc1nc(CC)n(Cc2ccccc2)c(=O)c1Cc1ccc(-c2ccccc2-c2noc(=O)[nH]2)cc1.[H-].[Na+]. The maximum Gasteiger partial charge on any atom is 1.00 e. The van der Waals surface area contributed by atoms with Crippen molar-refractivity contribution in [1.29, 1.82) is 0 Å². The summed E-state index contributed by atoms with van der Waals surface area (Å²) < 4.78 is 6.55. The Morgan fingerprint density at radius 3 is 2.23 bits per heavy atom. The van der Waals surface area contributed by atoms with Gasteiger partial charge < -0.3 is 1.43 Å². The second kappa shape index (κ2) is 13.7. The Hall–Kier alpha value is -3.52. The number of benzene rings is 3. The van der Waals surface area contributed by atoms with Gasteiger partial charge in [0.1, 0.15) is 5.82 Å². The van der Waals surface area contributed by atoms with E-state index in [-0.39, 0.29) is 36.5 Å². The molecule has 3 aromatic carbocycles. The Labute approximate surface area is 257 Å². The summed E-state index contributed by atoms with van der Waals surface area (Å²) in [6, 6.07) is 26.0. The van der Waals surface area contributed by atoms with Crippen LogP contribution in [0.15, 0.2) is 93.0 Å². The van der Waals surface area contributed by atoms with Gasteiger partial charge in [-0.25, -0.2) is 9.78 Å². The average molecular weight is 545 g/mol. The van der Waals surface area contributed by atoms with E-state index in [0.717, 1.165) is 64.2 Å². The molecule has 40 heavy (non-hydrogen) atoms. The smallest absolute Gasteiger partial charge is 1.00 e. The number of aromatic nitrogens is 4. The van der Waals surface area contributed by atoms with Crippen LogP contribution >= 0.6 is 0 Å². The summed E-state index contributed by atoms with van der Waals surface area (Å²) in [6.45, 7) is 4.72. The number of aromatic amines is 1. The van der Waals surface area contributed by atoms with Crippen molar-refractivity contribution in [3.63, 3.8) is 0 Å². The molecule has 2 heterocycles. The van der Waals surface area contributed by atoms with E-state index in [4.69, 9.17) is 9.51 Å². The van der Waals surface area contributed by atoms with Crippen LogP contribution in [-0.4, -0.2) is 19.7 Å². The molecule has 1 N–H and O–H groups in total. The minimum atomic E-state index is -0.588. The van der Waals surface area contributed by atoms with E-state index in [0.29, 0.717) is 25.2 Å². The van der Waals surface area contributed by atoms with Gasteiger partial charge in [-0.05, 0) is 35.1 Å². The third-order valence-corrected chi connectivity index (χ3v) is 6.96. The molecule has 200 valence electrons. The van der Waals surface area contributed by atoms with Crippen LogP contribution in [-0.2, 0) is 25.8 Å². The summed E-state index contributed by atoms with van der Waals surface area (Å²) in [6.07, 6.45) is 4.04. The molecular formula is C32H33N4NaO3. The summed E-state index contributed by atoms with van der Waals surface area (Å²) in [5.41, 5.74) is 6.53. The topological polar surface area (TPSA) is 93.8 Å². The first kappa shape index (κ1) is 29.5. The number of hydrogen-bond donors (Lipinski definition) is 1. The minimum absolute atomic E-state index is 0. The third-order valence-electron chi connectivity index (χ3n) is 6.96. The first-order valence-electron chi connectivity index (χ1n) is 13.5. The van der Waals surface area contributed by atoms with Crippen LogP contribution in [0.1, 0.15) is 56.3 Å². The Morgan fingerprint density at radius 1 is 0.875 bits per heavy atom. The Morgan fingerprint density at radius 2 is 1.57 bits per heavy atom. The van der Waals surface area contributed by atoms with Crippen molar-refractivity contribution in [2.75, 3.05) is 0 Å². The predicted octanol–water partition coefficient (Wildman–Crippen LogP) is 2.91. The number of aryl methyl sites for hydroxylation is 2. The molecule has 0 aliphatic heterocycles. The van der Waals surface area contributed by atoms with Crippen LogP contribution < -0.4 is 40.9 Å². The number of hydrogen-bond acceptors (Lipinski definition) is 5. The molecule has 0 radical (unpaired) electrons. The van der Waals surface area contributed by atoms with Gasteiger partial charge in [0.2, 0.25) is 0 Å². The van der Waals surface area contributed by atoms with Gasteiger partial charge in [-0.15, -0.1) is 0 Å². The minimum Gasteiger partial charge on any atom is -1.00 e. The molecule has 0 amide bonds. The molecule has 8 heteroatoms. The summed E-state index contributed by atoms with van der Waals surface area (Å²) in [5.74, 6) is 0.632. The number of rotatable bonds is 10. The van der Waals surface area contributed by atoms with E-state index in [1.54, 1.807) is 0 Å². The predicted molar refractivity (Wildman–Crippen MR) is 154 cm³/mol. The molecule has 0 atom stereocenters. The van der Waals surface area contributed by atoms with Crippen molar-refractivity contribution in [1.82, 2.24) is 19.7 Å². The zero-order chi connectivity index (χ0) is 27.2. The van der Waals surface area contributed by atoms with Crippen LogP contribution in [0, 0.1) is 0 Å². The van der Waals surface area contributed by atoms with E-state index < -0.39 is 5.76 Å². The monoisotopic (exact) mass is 544 g/mol. The van der Waals surface area contributed by atoms with Gasteiger partial charge >= 0.3 is 35.3 Å². The fourth-order valence-corrected chi connectivity index (χ4v) is 4.91. The number of H-pyrrole nitrogens is 1. The average Bonchev–Trinajstić information content (AvgIpc) is 3.41. The standard InChI is InChI=1S/C32H32N4O3.Na.H/c1-3-5-15-28-27(31(37)36(29(4-2)33-28)21-23-11-7-6-8-12-23)20-22-16-18-24(19-17-22)25-13-9-10-14-26(25)30-34-32(38)39-35-30;;/h6-14,16-19H,3-5,15,20-21H2,1-2H3,(H,34,35,38);;/q;+1;-1. The molecule has 5 rings (SSSR count). The normalized spacial score (nSPS) is 10.8. The Balaban J connectivity index is 0.00000231. The molecule has 0 saturated heterocycles. The van der Waals surface area contributed by atoms with Gasteiger partial charge in [-0.2, -0.15) is 0 Å². The first-order valence-corrected chi connectivity index (χ1v) is 13.5. The van der Waals surface area contributed by atoms with Crippen molar-refractivity contribution in [3.8, 4) is 22.5 Å². The van der Waals surface area contributed by atoms with Gasteiger partial charge in [-0.1, -0.05) is 104 Å². The van der Waals surface area contributed by atoms with Crippen LogP contribution in [0.4, 0.5) is 0 Å². The fourth-order valence-electron chi connectivity index (χ4n) is 4.91. The molecular weight excluding hydrogens is 511 g/mol. The van der Waals surface area contributed by atoms with Crippen molar-refractivity contribution in [3.05, 3.63) is 128 Å². The molecule has 5 aromatic rings. The zero-order valence-electron chi connectivity index (χ0n) is 24.3. The van der Waals surface area contributed by atoms with E-state index in [1.165, 1.54) is 0 Å². The maximum atomic E-state index is 13.9. The van der Waals surface area contributed by atoms with E-state index in [2.05, 4.69) is 36.1 Å². The molecule has 0 unspecified atom stereocenters. The molecule has 0 bridgehead atoms. The van der Waals surface area contributed by atoms with E-state index >= 15 is 0 Å². The Kier molecular flexibility index (Phi) is 10.1. The number of unbranched alkanes of at least 4 members (excludes halogenated alkanes) is 1. The molecule has 2 aromatic heterocycles. The number of nitrogens with one attached hydrogen (secondary N) is 1. The van der Waals surface area contributed by atoms with E-state index in [1.807, 2.05) is 71.3 Å². The molecule has 0 saturated carbocycles. The summed E-state index contributed by atoms with van der Waals surface area (Å²) >= 11 is 0. The van der Waals surface area contributed by atoms with Crippen molar-refractivity contribution < 1.29 is 35.5 Å². The van der Waals surface area contributed by atoms with Gasteiger partial charge in [-0.3, -0.25) is 18.9 Å². The van der Waals surface area contributed by atoms with Gasteiger partial charge in [0, 0.05) is 24.0 Å². The molecule has 0 aliphatic rings. The third kappa shape index (κ3) is 6.61. The molecule has 0 aliphatic carbocycles. The molecule has 0 spiro atoms. The molecule has 7 nitrogen and oxygen atoms in total. The second-order valence-corrected chi connectivity index (χ2v) is 9.65. The molecule has 0 fully saturated rings. The fraction of sp³-hybridized carbons (Fsp3) is 0.250. The van der Waals surface area contributed by atoms with E-state index in [9.17, 15) is 9.59 Å². The quantitative estimate of drug-likeness (QED) is 0.273. The zero-order valence-corrected chi connectivity index (χ0v) is 25.3. The summed E-state index contributed by atoms with van der Waals surface area (Å²) in [4.78, 5) is 33.1. The second-order valence-electron chi connectivity index (χ2n) is 9.65. The van der Waals surface area contributed by atoms with Crippen molar-refractivity contribution in [2.45, 2.75) is 52.5 Å². The van der Waals surface area contributed by atoms with Crippen LogP contribution in [0.25, 0.3) is 22.5 Å². The van der Waals surface area contributed by atoms with Crippen LogP contribution in [0.5, 0.6) is 0 Å². The summed E-state index contributed by atoms with van der Waals surface area (Å²) in [7, 11) is 0. The van der Waals surface area contributed by atoms with Crippen molar-refractivity contribution in [2.24, 2.45) is 0 Å². The largest absolute Gasteiger partial charge is 1.00 e. The van der Waals surface area contributed by atoms with Crippen molar-refractivity contribution >= 4 is 0 Å². The first-order chi connectivity index (χ1) is 19.1. The van der Waals surface area contributed by atoms with Gasteiger partial charge in [0.05, 0.1) is 12.2 Å². The summed E-state index contributed by atoms with van der Waals surface area (Å²) in [5, 5.41) is 3.85. The van der Waals surface area contributed by atoms with Gasteiger partial charge in [0.25, 0.3) is 5.56 Å². The van der Waals surface area contributed by atoms with Crippen LogP contribution in [0.3, 0.4) is 0 Å². The van der Waals surface area contributed by atoms with Gasteiger partial charge in [0.15, 0.2) is 5.82 Å². The van der Waals surface area contributed by atoms with Crippen LogP contribution in [0.2, 0.25) is 0 Å². The maximum absolute atomic E-state index is 13.9.